The second-order valence-electron chi connectivity index (χ2n) is 3.99. The van der Waals surface area contributed by atoms with Crippen LogP contribution in [0.4, 0.5) is 0 Å². The molecule has 0 radical (unpaired) electrons. The Kier molecular flexibility index (Phi) is 1.35. The maximum atomic E-state index is 5.56. The van der Waals surface area contributed by atoms with Crippen LogP contribution >= 0.6 is 0 Å². The molecule has 9 heavy (non-hydrogen) atoms. The predicted molar refractivity (Wildman–Crippen MR) is 38.4 cm³/mol. The van der Waals surface area contributed by atoms with Crippen LogP contribution < -0.4 is 0 Å². The van der Waals surface area contributed by atoms with Gasteiger partial charge in [-0.3, -0.25) is 0 Å². The Bertz CT molecular complexity index is 99.7. The average molecular weight is 128 g/mol. The van der Waals surface area contributed by atoms with Gasteiger partial charge in [-0.25, -0.2) is 0 Å². The lowest BCUT2D eigenvalue weighted by Gasteiger charge is -2.32. The van der Waals surface area contributed by atoms with Crippen molar-refractivity contribution in [2.75, 3.05) is 6.61 Å². The summed E-state index contributed by atoms with van der Waals surface area (Å²) in [6.07, 6.45) is 1.19. The molecular formula is C8H16O. The SMILES string of the molecule is CC1(C)CCOC1(C)C. The van der Waals surface area contributed by atoms with Gasteiger partial charge in [-0.1, -0.05) is 13.8 Å². The van der Waals surface area contributed by atoms with Crippen LogP contribution in [0, 0.1) is 5.41 Å². The Labute approximate surface area is 57.4 Å². The minimum atomic E-state index is 0.0903. The van der Waals surface area contributed by atoms with Gasteiger partial charge in [0, 0.05) is 6.61 Å². The maximum Gasteiger partial charge on any atom is 0.0678 e. The first-order chi connectivity index (χ1) is 3.96. The van der Waals surface area contributed by atoms with Crippen LogP contribution in [-0.2, 0) is 4.74 Å². The molecule has 0 aromatic rings. The second-order valence-corrected chi connectivity index (χ2v) is 3.99. The van der Waals surface area contributed by atoms with Crippen molar-refractivity contribution < 1.29 is 4.74 Å². The molecule has 0 saturated carbocycles. The number of hydrogen-bond acceptors (Lipinski definition) is 1. The van der Waals surface area contributed by atoms with Crippen molar-refractivity contribution in [3.05, 3.63) is 0 Å². The molecule has 1 saturated heterocycles. The van der Waals surface area contributed by atoms with Crippen LogP contribution in [0.5, 0.6) is 0 Å². The smallest absolute Gasteiger partial charge is 0.0678 e. The molecular weight excluding hydrogens is 112 g/mol. The van der Waals surface area contributed by atoms with E-state index in [2.05, 4.69) is 27.7 Å². The fourth-order valence-electron chi connectivity index (χ4n) is 1.06. The van der Waals surface area contributed by atoms with Crippen molar-refractivity contribution >= 4 is 0 Å². The van der Waals surface area contributed by atoms with E-state index in [0.717, 1.165) is 6.61 Å². The van der Waals surface area contributed by atoms with Gasteiger partial charge in [0.1, 0.15) is 0 Å². The second kappa shape index (κ2) is 1.72. The van der Waals surface area contributed by atoms with E-state index < -0.39 is 0 Å². The van der Waals surface area contributed by atoms with E-state index in [1.807, 2.05) is 0 Å². The topological polar surface area (TPSA) is 9.23 Å². The third kappa shape index (κ3) is 0.983. The molecule has 0 N–H and O–H groups in total. The van der Waals surface area contributed by atoms with E-state index in [0.29, 0.717) is 5.41 Å². The van der Waals surface area contributed by atoms with Gasteiger partial charge in [-0.2, -0.15) is 0 Å². The molecule has 0 unspecified atom stereocenters. The van der Waals surface area contributed by atoms with Crippen LogP contribution in [0.1, 0.15) is 34.1 Å². The molecule has 0 atom stereocenters. The number of ether oxygens (including phenoxy) is 1. The molecule has 1 heteroatoms. The number of rotatable bonds is 0. The van der Waals surface area contributed by atoms with Gasteiger partial charge in [0.2, 0.25) is 0 Å². The minimum absolute atomic E-state index is 0.0903. The lowest BCUT2D eigenvalue weighted by molar-refractivity contribution is -0.0182. The average Bonchev–Trinajstić information content (AvgIpc) is 1.81. The van der Waals surface area contributed by atoms with Crippen LogP contribution in [0.3, 0.4) is 0 Å². The number of hydrogen-bond donors (Lipinski definition) is 0. The van der Waals surface area contributed by atoms with Crippen molar-refractivity contribution in [3.8, 4) is 0 Å². The van der Waals surface area contributed by atoms with Crippen molar-refractivity contribution in [1.82, 2.24) is 0 Å². The van der Waals surface area contributed by atoms with Crippen LogP contribution in [-0.4, -0.2) is 12.2 Å². The highest BCUT2D eigenvalue weighted by Crippen LogP contribution is 2.42. The molecule has 0 aromatic heterocycles. The molecule has 0 bridgehead atoms. The third-order valence-corrected chi connectivity index (χ3v) is 2.82. The molecule has 0 aliphatic carbocycles. The van der Waals surface area contributed by atoms with E-state index in [1.165, 1.54) is 6.42 Å². The molecule has 1 heterocycles. The van der Waals surface area contributed by atoms with Crippen molar-refractivity contribution in [2.45, 2.75) is 39.7 Å². The van der Waals surface area contributed by atoms with Gasteiger partial charge in [0.15, 0.2) is 0 Å². The zero-order valence-corrected chi connectivity index (χ0v) is 6.82. The van der Waals surface area contributed by atoms with Gasteiger partial charge in [0.05, 0.1) is 5.60 Å². The quantitative estimate of drug-likeness (QED) is 0.486. The first kappa shape index (κ1) is 7.07. The standard InChI is InChI=1S/C8H16O/c1-7(2)5-6-9-8(7,3)4/h5-6H2,1-4H3. The van der Waals surface area contributed by atoms with E-state index >= 15 is 0 Å². The van der Waals surface area contributed by atoms with Gasteiger partial charge >= 0.3 is 0 Å². The van der Waals surface area contributed by atoms with E-state index in [4.69, 9.17) is 4.74 Å². The molecule has 0 aromatic carbocycles. The summed E-state index contributed by atoms with van der Waals surface area (Å²) in [5, 5.41) is 0. The predicted octanol–water partition coefficient (Wildman–Crippen LogP) is 2.21. The summed E-state index contributed by atoms with van der Waals surface area (Å²) in [6.45, 7) is 9.79. The summed E-state index contributed by atoms with van der Waals surface area (Å²) in [7, 11) is 0. The van der Waals surface area contributed by atoms with Crippen LogP contribution in [0.2, 0.25) is 0 Å². The molecule has 0 amide bonds. The van der Waals surface area contributed by atoms with Crippen molar-refractivity contribution in [3.63, 3.8) is 0 Å². The highest BCUT2D eigenvalue weighted by atomic mass is 16.5. The molecule has 1 aliphatic rings. The minimum Gasteiger partial charge on any atom is -0.375 e. The first-order valence-corrected chi connectivity index (χ1v) is 3.60. The van der Waals surface area contributed by atoms with Crippen molar-refractivity contribution in [2.24, 2.45) is 5.41 Å². The Morgan fingerprint density at radius 1 is 1.11 bits per heavy atom. The molecule has 0 spiro atoms. The first-order valence-electron chi connectivity index (χ1n) is 3.60. The molecule has 1 rings (SSSR count). The van der Waals surface area contributed by atoms with Gasteiger partial charge in [-0.05, 0) is 25.7 Å². The fraction of sp³-hybridized carbons (Fsp3) is 1.00. The Morgan fingerprint density at radius 2 is 1.67 bits per heavy atom. The third-order valence-electron chi connectivity index (χ3n) is 2.82. The fourth-order valence-corrected chi connectivity index (χ4v) is 1.06. The Balaban J connectivity index is 2.75. The summed E-state index contributed by atoms with van der Waals surface area (Å²) < 4.78 is 5.56. The molecule has 1 fully saturated rings. The van der Waals surface area contributed by atoms with E-state index in [9.17, 15) is 0 Å². The lowest BCUT2D eigenvalue weighted by Crippen LogP contribution is -2.34. The van der Waals surface area contributed by atoms with E-state index in [-0.39, 0.29) is 5.60 Å². The van der Waals surface area contributed by atoms with Gasteiger partial charge in [-0.15, -0.1) is 0 Å². The Hall–Kier alpha value is -0.0400. The normalized spacial score (nSPS) is 30.7. The molecule has 1 aliphatic heterocycles. The zero-order valence-electron chi connectivity index (χ0n) is 6.82. The summed E-state index contributed by atoms with van der Waals surface area (Å²) in [5.74, 6) is 0. The lowest BCUT2D eigenvalue weighted by atomic mass is 9.77. The van der Waals surface area contributed by atoms with Crippen LogP contribution in [0.15, 0.2) is 0 Å². The molecule has 54 valence electrons. The maximum absolute atomic E-state index is 5.56. The summed E-state index contributed by atoms with van der Waals surface area (Å²) in [6, 6.07) is 0. The van der Waals surface area contributed by atoms with Gasteiger partial charge < -0.3 is 4.74 Å². The zero-order chi connectivity index (χ0) is 7.12. The van der Waals surface area contributed by atoms with Gasteiger partial charge in [0.25, 0.3) is 0 Å². The van der Waals surface area contributed by atoms with Crippen LogP contribution in [0.25, 0.3) is 0 Å². The highest BCUT2D eigenvalue weighted by molar-refractivity contribution is 4.91. The Morgan fingerprint density at radius 3 is 1.78 bits per heavy atom. The monoisotopic (exact) mass is 128 g/mol. The molecule has 1 nitrogen and oxygen atoms in total. The van der Waals surface area contributed by atoms with Crippen molar-refractivity contribution in [1.29, 1.82) is 0 Å². The van der Waals surface area contributed by atoms with E-state index in [1.54, 1.807) is 0 Å². The summed E-state index contributed by atoms with van der Waals surface area (Å²) >= 11 is 0. The summed E-state index contributed by atoms with van der Waals surface area (Å²) in [4.78, 5) is 0. The summed E-state index contributed by atoms with van der Waals surface area (Å²) in [5.41, 5.74) is 0.458. The largest absolute Gasteiger partial charge is 0.375 e. The highest BCUT2D eigenvalue weighted by Gasteiger charge is 2.42.